The van der Waals surface area contributed by atoms with Gasteiger partial charge in [0.25, 0.3) is 0 Å². The van der Waals surface area contributed by atoms with E-state index >= 15 is 0 Å². The number of phenols is 1. The highest BCUT2D eigenvalue weighted by molar-refractivity contribution is 5.45. The maximum atomic E-state index is 14.6. The molecule has 0 atom stereocenters. The summed E-state index contributed by atoms with van der Waals surface area (Å²) in [7, 11) is 0. The van der Waals surface area contributed by atoms with Gasteiger partial charge in [-0.2, -0.15) is 0 Å². The van der Waals surface area contributed by atoms with Crippen LogP contribution < -0.4 is 0 Å². The van der Waals surface area contributed by atoms with Crippen molar-refractivity contribution in [1.82, 2.24) is 0 Å². The molecule has 2 heteroatoms. The van der Waals surface area contributed by atoms with E-state index in [4.69, 9.17) is 0 Å². The third-order valence-electron chi connectivity index (χ3n) is 4.83. The molecule has 1 N–H and O–H groups in total. The molecule has 21 heavy (non-hydrogen) atoms. The van der Waals surface area contributed by atoms with Crippen LogP contribution in [0.25, 0.3) is 0 Å². The summed E-state index contributed by atoms with van der Waals surface area (Å²) in [6, 6.07) is 12.7. The zero-order valence-corrected chi connectivity index (χ0v) is 12.4. The van der Waals surface area contributed by atoms with Crippen molar-refractivity contribution in [3.63, 3.8) is 0 Å². The molecule has 0 heterocycles. The van der Waals surface area contributed by atoms with Crippen molar-refractivity contribution in [2.45, 2.75) is 44.4 Å². The molecule has 2 aromatic carbocycles. The van der Waals surface area contributed by atoms with Crippen LogP contribution in [-0.2, 0) is 5.41 Å². The van der Waals surface area contributed by atoms with Gasteiger partial charge >= 0.3 is 0 Å². The van der Waals surface area contributed by atoms with Crippen molar-refractivity contribution in [2.24, 2.45) is 0 Å². The maximum absolute atomic E-state index is 14.6. The van der Waals surface area contributed by atoms with Crippen LogP contribution in [0.4, 0.5) is 4.39 Å². The highest BCUT2D eigenvalue weighted by atomic mass is 19.1. The third-order valence-corrected chi connectivity index (χ3v) is 4.83. The Labute approximate surface area is 125 Å². The SMILES string of the molecule is Cc1cccc(F)c1C1(c2ccc(O)cc2)CCCCC1. The van der Waals surface area contributed by atoms with Gasteiger partial charge in [0.1, 0.15) is 11.6 Å². The lowest BCUT2D eigenvalue weighted by Gasteiger charge is -2.39. The number of benzene rings is 2. The number of hydrogen-bond donors (Lipinski definition) is 1. The Hall–Kier alpha value is -1.83. The lowest BCUT2D eigenvalue weighted by atomic mass is 9.64. The second kappa shape index (κ2) is 5.51. The Morgan fingerprint density at radius 2 is 1.62 bits per heavy atom. The Morgan fingerprint density at radius 1 is 0.952 bits per heavy atom. The Morgan fingerprint density at radius 3 is 2.24 bits per heavy atom. The van der Waals surface area contributed by atoms with Gasteiger partial charge in [0, 0.05) is 11.0 Å². The van der Waals surface area contributed by atoms with Crippen LogP contribution in [0.15, 0.2) is 42.5 Å². The summed E-state index contributed by atoms with van der Waals surface area (Å²) < 4.78 is 14.6. The van der Waals surface area contributed by atoms with Crippen molar-refractivity contribution in [2.75, 3.05) is 0 Å². The molecule has 1 aliphatic carbocycles. The van der Waals surface area contributed by atoms with Crippen LogP contribution in [0.3, 0.4) is 0 Å². The summed E-state index contributed by atoms with van der Waals surface area (Å²) in [4.78, 5) is 0. The van der Waals surface area contributed by atoms with E-state index in [-0.39, 0.29) is 17.0 Å². The highest BCUT2D eigenvalue weighted by Gasteiger charge is 2.38. The van der Waals surface area contributed by atoms with Crippen molar-refractivity contribution in [3.8, 4) is 5.75 Å². The molecule has 1 saturated carbocycles. The molecule has 0 unspecified atom stereocenters. The van der Waals surface area contributed by atoms with Crippen molar-refractivity contribution >= 4 is 0 Å². The minimum atomic E-state index is -0.249. The van der Waals surface area contributed by atoms with Gasteiger partial charge in [0.15, 0.2) is 0 Å². The van der Waals surface area contributed by atoms with E-state index in [1.165, 1.54) is 6.42 Å². The number of aromatic hydroxyl groups is 1. The van der Waals surface area contributed by atoms with Crippen LogP contribution in [0.5, 0.6) is 5.75 Å². The van der Waals surface area contributed by atoms with E-state index < -0.39 is 0 Å². The summed E-state index contributed by atoms with van der Waals surface area (Å²) >= 11 is 0. The van der Waals surface area contributed by atoms with E-state index in [1.54, 1.807) is 24.3 Å². The standard InChI is InChI=1S/C19H21FO/c1-14-6-5-7-17(20)18(14)19(12-3-2-4-13-19)15-8-10-16(21)11-9-15/h5-11,21H,2-4,12-13H2,1H3. The van der Waals surface area contributed by atoms with Gasteiger partial charge < -0.3 is 5.11 Å². The predicted octanol–water partition coefficient (Wildman–Crippen LogP) is 5.09. The number of aryl methyl sites for hydroxylation is 1. The summed E-state index contributed by atoms with van der Waals surface area (Å²) in [6.07, 6.45) is 5.40. The van der Waals surface area contributed by atoms with Crippen molar-refractivity contribution in [1.29, 1.82) is 0 Å². The first kappa shape index (κ1) is 14.1. The largest absolute Gasteiger partial charge is 0.508 e. The number of hydrogen-bond acceptors (Lipinski definition) is 1. The molecule has 2 aromatic rings. The normalized spacial score (nSPS) is 17.6. The van der Waals surface area contributed by atoms with Crippen LogP contribution in [0.1, 0.15) is 48.8 Å². The average Bonchev–Trinajstić information content (AvgIpc) is 2.48. The molecule has 0 aromatic heterocycles. The maximum Gasteiger partial charge on any atom is 0.127 e. The molecule has 3 rings (SSSR count). The molecule has 1 nitrogen and oxygen atoms in total. The Bertz CT molecular complexity index is 604. The van der Waals surface area contributed by atoms with Crippen LogP contribution in [0, 0.1) is 12.7 Å². The molecule has 0 spiro atoms. The molecular formula is C19H21FO. The fourth-order valence-electron chi connectivity index (χ4n) is 3.86. The van der Waals surface area contributed by atoms with Crippen molar-refractivity contribution in [3.05, 3.63) is 65.0 Å². The van der Waals surface area contributed by atoms with Gasteiger partial charge in [-0.05, 0) is 49.1 Å². The highest BCUT2D eigenvalue weighted by Crippen LogP contribution is 2.47. The van der Waals surface area contributed by atoms with Crippen LogP contribution in [-0.4, -0.2) is 5.11 Å². The topological polar surface area (TPSA) is 20.2 Å². The van der Waals surface area contributed by atoms with Gasteiger partial charge in [0.05, 0.1) is 0 Å². The molecule has 110 valence electrons. The molecule has 1 aliphatic rings. The quantitative estimate of drug-likeness (QED) is 0.814. The average molecular weight is 284 g/mol. The lowest BCUT2D eigenvalue weighted by Crippen LogP contribution is -2.32. The molecule has 1 fully saturated rings. The van der Waals surface area contributed by atoms with Crippen LogP contribution in [0.2, 0.25) is 0 Å². The first-order valence-electron chi connectivity index (χ1n) is 7.69. The first-order chi connectivity index (χ1) is 10.1. The smallest absolute Gasteiger partial charge is 0.127 e. The zero-order chi connectivity index (χ0) is 14.9. The fraction of sp³-hybridized carbons (Fsp3) is 0.368. The van der Waals surface area contributed by atoms with Gasteiger partial charge in [-0.1, -0.05) is 43.5 Å². The summed E-state index contributed by atoms with van der Waals surface area (Å²) in [6.45, 7) is 2.00. The molecule has 0 saturated heterocycles. The van der Waals surface area contributed by atoms with E-state index in [0.29, 0.717) is 0 Å². The molecule has 0 bridgehead atoms. The Balaban J connectivity index is 2.20. The van der Waals surface area contributed by atoms with E-state index in [9.17, 15) is 9.50 Å². The second-order valence-electron chi connectivity index (χ2n) is 6.12. The molecular weight excluding hydrogens is 263 g/mol. The fourth-order valence-corrected chi connectivity index (χ4v) is 3.86. The summed E-state index contributed by atoms with van der Waals surface area (Å²) in [5.41, 5.74) is 2.73. The molecule has 0 radical (unpaired) electrons. The second-order valence-corrected chi connectivity index (χ2v) is 6.12. The lowest BCUT2D eigenvalue weighted by molar-refractivity contribution is 0.333. The van der Waals surface area contributed by atoms with Crippen LogP contribution >= 0.6 is 0 Å². The number of rotatable bonds is 2. The monoisotopic (exact) mass is 284 g/mol. The van der Waals surface area contributed by atoms with E-state index in [0.717, 1.165) is 42.4 Å². The molecule has 0 aliphatic heterocycles. The molecule has 0 amide bonds. The van der Waals surface area contributed by atoms with Gasteiger partial charge in [-0.25, -0.2) is 4.39 Å². The summed E-state index contributed by atoms with van der Waals surface area (Å²) in [5.74, 6) is 0.153. The number of phenolic OH excluding ortho intramolecular Hbond substituents is 1. The zero-order valence-electron chi connectivity index (χ0n) is 12.4. The van der Waals surface area contributed by atoms with E-state index in [1.807, 2.05) is 25.1 Å². The van der Waals surface area contributed by atoms with Gasteiger partial charge in [0.2, 0.25) is 0 Å². The van der Waals surface area contributed by atoms with E-state index in [2.05, 4.69) is 0 Å². The summed E-state index contributed by atoms with van der Waals surface area (Å²) in [5, 5.41) is 9.54. The number of halogens is 1. The van der Waals surface area contributed by atoms with Gasteiger partial charge in [-0.3, -0.25) is 0 Å². The third kappa shape index (κ3) is 2.44. The van der Waals surface area contributed by atoms with Crippen molar-refractivity contribution < 1.29 is 9.50 Å². The minimum Gasteiger partial charge on any atom is -0.508 e. The van der Waals surface area contributed by atoms with Gasteiger partial charge in [-0.15, -0.1) is 0 Å². The minimum absolute atomic E-state index is 0.107. The predicted molar refractivity (Wildman–Crippen MR) is 83.1 cm³/mol. The first-order valence-corrected chi connectivity index (χ1v) is 7.69. The Kier molecular flexibility index (Phi) is 3.71.